The lowest BCUT2D eigenvalue weighted by molar-refractivity contribution is -0.143. The molecule has 3 rings (SSSR count). The number of nitrogens with one attached hydrogen (secondary N) is 1. The predicted octanol–water partition coefficient (Wildman–Crippen LogP) is 3.53. The molecule has 2 aromatic heterocycles. The highest BCUT2D eigenvalue weighted by molar-refractivity contribution is 6.30. The Morgan fingerprint density at radius 3 is 2.60 bits per heavy atom. The van der Waals surface area contributed by atoms with Gasteiger partial charge in [-0.2, -0.15) is 23.4 Å². The topological polar surface area (TPSA) is 64.7 Å². The molecule has 1 amide bonds. The fourth-order valence-electron chi connectivity index (χ4n) is 2.28. The lowest BCUT2D eigenvalue weighted by atomic mass is 10.2. The first-order valence-electron chi connectivity index (χ1n) is 6.97. The number of carbonyl (C=O) groups excluding carboxylic acids is 1. The number of amides is 1. The summed E-state index contributed by atoms with van der Waals surface area (Å²) in [6.45, 7) is 0. The van der Waals surface area contributed by atoms with Crippen LogP contribution < -0.4 is 5.32 Å². The van der Waals surface area contributed by atoms with Crippen LogP contribution in [0.5, 0.6) is 0 Å². The molecule has 0 unspecified atom stereocenters. The van der Waals surface area contributed by atoms with Crippen LogP contribution in [0.4, 0.5) is 18.9 Å². The first-order chi connectivity index (χ1) is 11.8. The van der Waals surface area contributed by atoms with E-state index in [9.17, 15) is 18.0 Å². The number of halogens is 4. The van der Waals surface area contributed by atoms with Crippen molar-refractivity contribution < 1.29 is 18.0 Å². The molecule has 130 valence electrons. The van der Waals surface area contributed by atoms with Gasteiger partial charge in [0.2, 0.25) is 0 Å². The quantitative estimate of drug-likeness (QED) is 0.768. The van der Waals surface area contributed by atoms with Crippen LogP contribution in [-0.2, 0) is 13.2 Å². The summed E-state index contributed by atoms with van der Waals surface area (Å²) in [4.78, 5) is 12.3. The first-order valence-corrected chi connectivity index (χ1v) is 7.34. The number of rotatable bonds is 3. The van der Waals surface area contributed by atoms with E-state index in [1.54, 1.807) is 7.05 Å². The molecular formula is C15H11ClF3N5O. The molecule has 2 heterocycles. The largest absolute Gasteiger partial charge is 0.434 e. The molecule has 25 heavy (non-hydrogen) atoms. The van der Waals surface area contributed by atoms with Gasteiger partial charge in [-0.25, -0.2) is 4.68 Å². The summed E-state index contributed by atoms with van der Waals surface area (Å²) in [5.41, 5.74) is -1.41. The van der Waals surface area contributed by atoms with Gasteiger partial charge in [0.15, 0.2) is 5.69 Å². The van der Waals surface area contributed by atoms with Crippen LogP contribution in [0, 0.1) is 0 Å². The molecule has 0 radical (unpaired) electrons. The fraction of sp³-hybridized carbons (Fsp3) is 0.133. The van der Waals surface area contributed by atoms with Crippen molar-refractivity contribution in [2.75, 3.05) is 5.32 Å². The molecule has 0 aliphatic carbocycles. The Balaban J connectivity index is 2.04. The molecule has 0 saturated heterocycles. The second-order valence-electron chi connectivity index (χ2n) is 5.15. The molecule has 3 aromatic rings. The van der Waals surface area contributed by atoms with E-state index in [-0.39, 0.29) is 16.4 Å². The van der Waals surface area contributed by atoms with Gasteiger partial charge in [-0.1, -0.05) is 17.7 Å². The highest BCUT2D eigenvalue weighted by atomic mass is 35.5. The molecule has 0 atom stereocenters. The number of anilines is 1. The third kappa shape index (κ3) is 3.50. The van der Waals surface area contributed by atoms with Crippen molar-refractivity contribution in [3.8, 4) is 5.69 Å². The Morgan fingerprint density at radius 1 is 1.24 bits per heavy atom. The molecule has 1 N–H and O–H groups in total. The van der Waals surface area contributed by atoms with Gasteiger partial charge in [0.1, 0.15) is 0 Å². The molecule has 0 aliphatic heterocycles. The Bertz CT molecular complexity index is 931. The van der Waals surface area contributed by atoms with E-state index in [4.69, 9.17) is 11.6 Å². The van der Waals surface area contributed by atoms with Crippen molar-refractivity contribution in [3.63, 3.8) is 0 Å². The van der Waals surface area contributed by atoms with E-state index >= 15 is 0 Å². The summed E-state index contributed by atoms with van der Waals surface area (Å²) < 4.78 is 42.7. The molecule has 1 aromatic carbocycles. The van der Waals surface area contributed by atoms with E-state index in [0.29, 0.717) is 4.68 Å². The summed E-state index contributed by atoms with van der Waals surface area (Å²) in [6, 6.07) is 5.76. The van der Waals surface area contributed by atoms with Crippen molar-refractivity contribution in [2.24, 2.45) is 7.05 Å². The number of benzene rings is 1. The van der Waals surface area contributed by atoms with Gasteiger partial charge in [-0.15, -0.1) is 0 Å². The summed E-state index contributed by atoms with van der Waals surface area (Å²) in [5, 5.41) is 10.2. The average Bonchev–Trinajstić information content (AvgIpc) is 3.13. The number of carbonyl (C=O) groups is 1. The third-order valence-corrected chi connectivity index (χ3v) is 3.53. The Labute approximate surface area is 144 Å². The van der Waals surface area contributed by atoms with Gasteiger partial charge in [-0.3, -0.25) is 9.48 Å². The number of aryl methyl sites for hydroxylation is 1. The molecule has 0 spiro atoms. The van der Waals surface area contributed by atoms with Crippen LogP contribution in [0.1, 0.15) is 16.1 Å². The number of nitrogens with zero attached hydrogens (tertiary/aromatic N) is 4. The average molecular weight is 370 g/mol. The number of hydrogen-bond acceptors (Lipinski definition) is 3. The van der Waals surface area contributed by atoms with E-state index in [1.165, 1.54) is 41.3 Å². The van der Waals surface area contributed by atoms with Crippen LogP contribution >= 0.6 is 11.6 Å². The second-order valence-corrected chi connectivity index (χ2v) is 5.59. The predicted molar refractivity (Wildman–Crippen MR) is 84.7 cm³/mol. The zero-order valence-corrected chi connectivity index (χ0v) is 13.5. The van der Waals surface area contributed by atoms with Crippen LogP contribution in [0.2, 0.25) is 5.02 Å². The number of hydrogen-bond donors (Lipinski definition) is 1. The minimum absolute atomic E-state index is 0.0975. The Morgan fingerprint density at radius 2 is 2.00 bits per heavy atom. The second kappa shape index (κ2) is 6.25. The summed E-state index contributed by atoms with van der Waals surface area (Å²) in [5.74, 6) is -0.936. The van der Waals surface area contributed by atoms with E-state index < -0.39 is 23.3 Å². The number of alkyl halides is 3. The lowest BCUT2D eigenvalue weighted by Crippen LogP contribution is -2.20. The summed E-state index contributed by atoms with van der Waals surface area (Å²) in [6.07, 6.45) is -1.13. The Kier molecular flexibility index (Phi) is 4.25. The van der Waals surface area contributed by atoms with Gasteiger partial charge in [0.05, 0.1) is 29.3 Å². The SMILES string of the molecule is Cn1cc(NC(=O)c2cnn(-c3cccc(Cl)c3)c2C(F)(F)F)cn1. The normalized spacial score (nSPS) is 11.6. The van der Waals surface area contributed by atoms with Gasteiger partial charge in [-0.05, 0) is 18.2 Å². The molecule has 10 heteroatoms. The van der Waals surface area contributed by atoms with Gasteiger partial charge < -0.3 is 5.32 Å². The summed E-state index contributed by atoms with van der Waals surface area (Å²) in [7, 11) is 1.62. The first kappa shape index (κ1) is 17.0. The van der Waals surface area contributed by atoms with Crippen LogP contribution in [0.3, 0.4) is 0 Å². The number of aromatic nitrogens is 4. The zero-order chi connectivity index (χ0) is 18.2. The maximum absolute atomic E-state index is 13.5. The maximum Gasteiger partial charge on any atom is 0.434 e. The highest BCUT2D eigenvalue weighted by Gasteiger charge is 2.40. The van der Waals surface area contributed by atoms with Crippen molar-refractivity contribution >= 4 is 23.2 Å². The third-order valence-electron chi connectivity index (χ3n) is 3.30. The van der Waals surface area contributed by atoms with Crippen LogP contribution in [0.25, 0.3) is 5.69 Å². The molecule has 6 nitrogen and oxygen atoms in total. The van der Waals surface area contributed by atoms with Crippen molar-refractivity contribution in [3.05, 3.63) is 59.1 Å². The fourth-order valence-corrected chi connectivity index (χ4v) is 2.46. The van der Waals surface area contributed by atoms with Crippen molar-refractivity contribution in [1.29, 1.82) is 0 Å². The molecule has 0 bridgehead atoms. The van der Waals surface area contributed by atoms with Crippen LogP contribution in [-0.4, -0.2) is 25.5 Å². The van der Waals surface area contributed by atoms with E-state index in [1.807, 2.05) is 0 Å². The van der Waals surface area contributed by atoms with Gasteiger partial charge >= 0.3 is 6.18 Å². The maximum atomic E-state index is 13.5. The lowest BCUT2D eigenvalue weighted by Gasteiger charge is -2.12. The molecule has 0 fully saturated rings. The van der Waals surface area contributed by atoms with Crippen molar-refractivity contribution in [2.45, 2.75) is 6.18 Å². The smallest absolute Gasteiger partial charge is 0.319 e. The van der Waals surface area contributed by atoms with Gasteiger partial charge in [0.25, 0.3) is 5.91 Å². The molecule has 0 aliphatic rings. The minimum atomic E-state index is -4.79. The van der Waals surface area contributed by atoms with Crippen LogP contribution in [0.15, 0.2) is 42.9 Å². The monoisotopic (exact) mass is 369 g/mol. The summed E-state index contributed by atoms with van der Waals surface area (Å²) >= 11 is 5.83. The standard InChI is InChI=1S/C15H11ClF3N5O/c1-23-8-10(6-20-23)22-14(25)12-7-21-24(13(12)15(17,18)19)11-4-2-3-9(16)5-11/h2-8H,1H3,(H,22,25). The minimum Gasteiger partial charge on any atom is -0.319 e. The van der Waals surface area contributed by atoms with E-state index in [2.05, 4.69) is 15.5 Å². The highest BCUT2D eigenvalue weighted by Crippen LogP contribution is 2.34. The molecule has 0 saturated carbocycles. The van der Waals surface area contributed by atoms with E-state index in [0.717, 1.165) is 6.20 Å². The molecular weight excluding hydrogens is 359 g/mol. The zero-order valence-electron chi connectivity index (χ0n) is 12.8. The van der Waals surface area contributed by atoms with Gasteiger partial charge in [0, 0.05) is 18.3 Å². The Hall–Kier alpha value is -2.81. The van der Waals surface area contributed by atoms with Crippen molar-refractivity contribution in [1.82, 2.24) is 19.6 Å².